The van der Waals surface area contributed by atoms with Crippen LogP contribution >= 0.6 is 11.6 Å². The molecule has 0 atom stereocenters. The fourth-order valence-electron chi connectivity index (χ4n) is 2.35. The molecule has 0 aliphatic rings. The number of amides is 2. The van der Waals surface area contributed by atoms with Crippen LogP contribution in [0.25, 0.3) is 0 Å². The third kappa shape index (κ3) is 6.08. The minimum atomic E-state index is -0.434. The molecule has 5 nitrogen and oxygen atoms in total. The van der Waals surface area contributed by atoms with E-state index in [0.717, 1.165) is 19.3 Å². The SMILES string of the molecule is CCCCCCOc1ccccc1C(=O)NNC(=O)c1ccc(Cl)cc1. The van der Waals surface area contributed by atoms with E-state index in [1.807, 2.05) is 6.07 Å². The Kier molecular flexibility index (Phi) is 7.96. The van der Waals surface area contributed by atoms with Crippen LogP contribution in [0.4, 0.5) is 0 Å². The summed E-state index contributed by atoms with van der Waals surface area (Å²) >= 11 is 5.80. The van der Waals surface area contributed by atoms with Gasteiger partial charge in [-0.05, 0) is 42.8 Å². The molecule has 26 heavy (non-hydrogen) atoms. The van der Waals surface area contributed by atoms with Gasteiger partial charge < -0.3 is 4.74 Å². The number of nitrogens with one attached hydrogen (secondary N) is 2. The first-order valence-corrected chi connectivity index (χ1v) is 9.07. The van der Waals surface area contributed by atoms with E-state index in [4.69, 9.17) is 16.3 Å². The predicted octanol–water partition coefficient (Wildman–Crippen LogP) is 4.37. The van der Waals surface area contributed by atoms with Gasteiger partial charge in [0, 0.05) is 10.6 Å². The van der Waals surface area contributed by atoms with Crippen molar-refractivity contribution in [1.29, 1.82) is 0 Å². The molecule has 0 saturated carbocycles. The first-order chi connectivity index (χ1) is 12.6. The van der Waals surface area contributed by atoms with E-state index in [0.29, 0.717) is 28.5 Å². The lowest BCUT2D eigenvalue weighted by Crippen LogP contribution is -2.41. The highest BCUT2D eigenvalue weighted by Gasteiger charge is 2.13. The monoisotopic (exact) mass is 374 g/mol. The summed E-state index contributed by atoms with van der Waals surface area (Å²) in [5.41, 5.74) is 5.57. The maximum absolute atomic E-state index is 12.4. The molecule has 2 aromatic rings. The molecule has 0 bridgehead atoms. The van der Waals surface area contributed by atoms with Gasteiger partial charge in [0.25, 0.3) is 11.8 Å². The second kappa shape index (κ2) is 10.5. The molecule has 0 aliphatic carbocycles. The third-order valence-electron chi connectivity index (χ3n) is 3.78. The summed E-state index contributed by atoms with van der Waals surface area (Å²) in [6.07, 6.45) is 4.37. The number of hydrogen-bond acceptors (Lipinski definition) is 3. The van der Waals surface area contributed by atoms with Crippen molar-refractivity contribution in [3.63, 3.8) is 0 Å². The van der Waals surface area contributed by atoms with Crippen LogP contribution in [-0.4, -0.2) is 18.4 Å². The Morgan fingerprint density at radius 1 is 0.923 bits per heavy atom. The highest BCUT2D eigenvalue weighted by molar-refractivity contribution is 6.30. The minimum absolute atomic E-state index is 0.374. The van der Waals surface area contributed by atoms with Gasteiger partial charge >= 0.3 is 0 Å². The first-order valence-electron chi connectivity index (χ1n) is 8.70. The molecule has 0 unspecified atom stereocenters. The molecule has 0 aromatic heterocycles. The van der Waals surface area contributed by atoms with Crippen LogP contribution in [0.3, 0.4) is 0 Å². The topological polar surface area (TPSA) is 67.4 Å². The largest absolute Gasteiger partial charge is 0.493 e. The fraction of sp³-hybridized carbons (Fsp3) is 0.300. The van der Waals surface area contributed by atoms with Crippen molar-refractivity contribution < 1.29 is 14.3 Å². The number of hydrazine groups is 1. The molecular formula is C20H23ClN2O3. The average Bonchev–Trinajstić information content (AvgIpc) is 2.66. The van der Waals surface area contributed by atoms with E-state index in [1.54, 1.807) is 42.5 Å². The van der Waals surface area contributed by atoms with Gasteiger partial charge in [-0.2, -0.15) is 0 Å². The van der Waals surface area contributed by atoms with E-state index in [1.165, 1.54) is 6.42 Å². The van der Waals surface area contributed by atoms with Crippen LogP contribution in [0.15, 0.2) is 48.5 Å². The van der Waals surface area contributed by atoms with E-state index >= 15 is 0 Å². The van der Waals surface area contributed by atoms with Gasteiger partial charge in [0.1, 0.15) is 5.75 Å². The van der Waals surface area contributed by atoms with Crippen molar-refractivity contribution in [3.05, 3.63) is 64.7 Å². The molecule has 138 valence electrons. The number of unbranched alkanes of at least 4 members (excludes halogenated alkanes) is 3. The molecule has 0 radical (unpaired) electrons. The standard InChI is InChI=1S/C20H23ClN2O3/c1-2-3-4-7-14-26-18-9-6-5-8-17(18)20(25)23-22-19(24)15-10-12-16(21)13-11-15/h5-6,8-13H,2-4,7,14H2,1H3,(H,22,24)(H,23,25). The van der Waals surface area contributed by atoms with Gasteiger partial charge in [-0.3, -0.25) is 20.4 Å². The van der Waals surface area contributed by atoms with E-state index in [-0.39, 0.29) is 0 Å². The van der Waals surface area contributed by atoms with Crippen molar-refractivity contribution in [3.8, 4) is 5.75 Å². The number of halogens is 1. The molecule has 6 heteroatoms. The van der Waals surface area contributed by atoms with Gasteiger partial charge in [-0.25, -0.2) is 0 Å². The lowest BCUT2D eigenvalue weighted by atomic mass is 10.2. The van der Waals surface area contributed by atoms with Crippen molar-refractivity contribution in [2.45, 2.75) is 32.6 Å². The zero-order valence-corrected chi connectivity index (χ0v) is 15.5. The van der Waals surface area contributed by atoms with Crippen LogP contribution in [0, 0.1) is 0 Å². The Balaban J connectivity index is 1.90. The van der Waals surface area contributed by atoms with E-state index < -0.39 is 11.8 Å². The zero-order valence-electron chi connectivity index (χ0n) is 14.8. The number of carbonyl (C=O) groups excluding carboxylic acids is 2. The molecule has 0 aliphatic heterocycles. The second-order valence-corrected chi connectivity index (χ2v) is 6.26. The second-order valence-electron chi connectivity index (χ2n) is 5.82. The van der Waals surface area contributed by atoms with Crippen LogP contribution < -0.4 is 15.6 Å². The van der Waals surface area contributed by atoms with Gasteiger partial charge in [-0.1, -0.05) is 49.9 Å². The number of para-hydroxylation sites is 1. The van der Waals surface area contributed by atoms with Crippen molar-refractivity contribution in [1.82, 2.24) is 10.9 Å². The van der Waals surface area contributed by atoms with Crippen LogP contribution in [-0.2, 0) is 0 Å². The van der Waals surface area contributed by atoms with Gasteiger partial charge in [0.15, 0.2) is 0 Å². The maximum atomic E-state index is 12.4. The van der Waals surface area contributed by atoms with E-state index in [2.05, 4.69) is 17.8 Å². The van der Waals surface area contributed by atoms with Gasteiger partial charge in [0.2, 0.25) is 0 Å². The van der Waals surface area contributed by atoms with Gasteiger partial charge in [-0.15, -0.1) is 0 Å². The van der Waals surface area contributed by atoms with Crippen LogP contribution in [0.1, 0.15) is 53.3 Å². The Bertz CT molecular complexity index is 732. The molecule has 0 heterocycles. The van der Waals surface area contributed by atoms with Crippen molar-refractivity contribution in [2.24, 2.45) is 0 Å². The molecule has 2 aromatic carbocycles. The smallest absolute Gasteiger partial charge is 0.273 e. The molecule has 0 fully saturated rings. The number of ether oxygens (including phenoxy) is 1. The number of benzene rings is 2. The Morgan fingerprint density at radius 3 is 2.35 bits per heavy atom. The van der Waals surface area contributed by atoms with E-state index in [9.17, 15) is 9.59 Å². The molecule has 0 spiro atoms. The number of carbonyl (C=O) groups is 2. The Hall–Kier alpha value is -2.53. The Labute approximate surface area is 158 Å². The third-order valence-corrected chi connectivity index (χ3v) is 4.04. The lowest BCUT2D eigenvalue weighted by Gasteiger charge is -2.12. The summed E-state index contributed by atoms with van der Waals surface area (Å²) in [4.78, 5) is 24.4. The summed E-state index contributed by atoms with van der Waals surface area (Å²) in [6, 6.07) is 13.3. The Morgan fingerprint density at radius 2 is 1.62 bits per heavy atom. The molecular weight excluding hydrogens is 352 g/mol. The minimum Gasteiger partial charge on any atom is -0.493 e. The molecule has 0 saturated heterocycles. The lowest BCUT2D eigenvalue weighted by molar-refractivity contribution is 0.0844. The molecule has 2 N–H and O–H groups in total. The predicted molar refractivity (Wildman–Crippen MR) is 102 cm³/mol. The summed E-state index contributed by atoms with van der Waals surface area (Å²) in [6.45, 7) is 2.71. The normalized spacial score (nSPS) is 10.2. The number of rotatable bonds is 8. The molecule has 2 amide bonds. The van der Waals surface area contributed by atoms with Gasteiger partial charge in [0.05, 0.1) is 12.2 Å². The summed E-state index contributed by atoms with van der Waals surface area (Å²) in [5, 5.41) is 0.538. The van der Waals surface area contributed by atoms with Crippen molar-refractivity contribution in [2.75, 3.05) is 6.61 Å². The first kappa shape index (κ1) is 19.8. The fourth-order valence-corrected chi connectivity index (χ4v) is 2.47. The number of hydrogen-bond donors (Lipinski definition) is 2. The summed E-state index contributed by atoms with van der Waals surface area (Å²) in [7, 11) is 0. The maximum Gasteiger partial charge on any atom is 0.273 e. The molecule has 2 rings (SSSR count). The van der Waals surface area contributed by atoms with Crippen molar-refractivity contribution >= 4 is 23.4 Å². The zero-order chi connectivity index (χ0) is 18.8. The average molecular weight is 375 g/mol. The highest BCUT2D eigenvalue weighted by Crippen LogP contribution is 2.18. The highest BCUT2D eigenvalue weighted by atomic mass is 35.5. The van der Waals surface area contributed by atoms with Crippen LogP contribution in [0.2, 0.25) is 5.02 Å². The quantitative estimate of drug-likeness (QED) is 0.532. The van der Waals surface area contributed by atoms with Crippen LogP contribution in [0.5, 0.6) is 5.75 Å². The summed E-state index contributed by atoms with van der Waals surface area (Å²) in [5.74, 6) is -0.355. The summed E-state index contributed by atoms with van der Waals surface area (Å²) < 4.78 is 5.72.